The average Bonchev–Trinajstić information content (AvgIpc) is 3.01. The standard InChI is InChI=1S/C20H22N2O3S/c1-4-20(3)11-14-15(12-25-20)26-18-16(14)17(23)22(19(24)21(18)5-2)13-9-7-6-8-10-13/h6-10H,4-5,11-12H2,1-3H3/t20-/m1/s1. The Hall–Kier alpha value is -2.18. The van der Waals surface area contributed by atoms with Gasteiger partial charge in [-0.1, -0.05) is 25.1 Å². The summed E-state index contributed by atoms with van der Waals surface area (Å²) in [5.41, 5.74) is 0.889. The van der Waals surface area contributed by atoms with Crippen LogP contribution in [0.5, 0.6) is 0 Å². The van der Waals surface area contributed by atoms with E-state index in [1.165, 1.54) is 15.9 Å². The fourth-order valence-corrected chi connectivity index (χ4v) is 4.87. The Kier molecular flexibility index (Phi) is 4.12. The van der Waals surface area contributed by atoms with Gasteiger partial charge < -0.3 is 4.74 Å². The van der Waals surface area contributed by atoms with Gasteiger partial charge in [-0.2, -0.15) is 0 Å². The Bertz CT molecular complexity index is 1090. The van der Waals surface area contributed by atoms with Gasteiger partial charge in [-0.3, -0.25) is 9.36 Å². The minimum atomic E-state index is -0.283. The summed E-state index contributed by atoms with van der Waals surface area (Å²) in [6.07, 6.45) is 1.58. The molecule has 0 saturated heterocycles. The maximum Gasteiger partial charge on any atom is 0.336 e. The Balaban J connectivity index is 2.09. The molecule has 136 valence electrons. The topological polar surface area (TPSA) is 53.2 Å². The third-order valence-corrected chi connectivity index (χ3v) is 6.57. The SMILES string of the molecule is CCn1c(=O)n(-c2ccccc2)c(=O)c2c3c(sc21)CO[C@](C)(CC)C3. The molecule has 26 heavy (non-hydrogen) atoms. The molecular formula is C20H22N2O3S. The highest BCUT2D eigenvalue weighted by Gasteiger charge is 2.33. The molecule has 0 radical (unpaired) electrons. The monoisotopic (exact) mass is 370 g/mol. The van der Waals surface area contributed by atoms with E-state index in [2.05, 4.69) is 13.8 Å². The third kappa shape index (κ3) is 2.47. The van der Waals surface area contributed by atoms with Gasteiger partial charge in [0.2, 0.25) is 0 Å². The highest BCUT2D eigenvalue weighted by atomic mass is 32.1. The van der Waals surface area contributed by atoms with Crippen LogP contribution in [0.4, 0.5) is 0 Å². The number of hydrogen-bond acceptors (Lipinski definition) is 4. The van der Waals surface area contributed by atoms with Gasteiger partial charge in [0, 0.05) is 17.8 Å². The molecule has 3 aromatic rings. The smallest absolute Gasteiger partial charge is 0.336 e. The zero-order valence-corrected chi connectivity index (χ0v) is 16.1. The van der Waals surface area contributed by atoms with E-state index in [-0.39, 0.29) is 16.9 Å². The number of aromatic nitrogens is 2. The van der Waals surface area contributed by atoms with Crippen LogP contribution in [0, 0.1) is 0 Å². The first-order valence-electron chi connectivity index (χ1n) is 8.98. The summed E-state index contributed by atoms with van der Waals surface area (Å²) in [6, 6.07) is 9.15. The van der Waals surface area contributed by atoms with Gasteiger partial charge in [-0.05, 0) is 38.0 Å². The number of hydrogen-bond donors (Lipinski definition) is 0. The van der Waals surface area contributed by atoms with Crippen LogP contribution in [0.3, 0.4) is 0 Å². The molecule has 0 fully saturated rings. The third-order valence-electron chi connectivity index (χ3n) is 5.34. The Morgan fingerprint density at radius 3 is 2.58 bits per heavy atom. The maximum absolute atomic E-state index is 13.4. The van der Waals surface area contributed by atoms with E-state index in [0.29, 0.717) is 30.6 Å². The molecular weight excluding hydrogens is 348 g/mol. The molecule has 0 unspecified atom stereocenters. The fraction of sp³-hybridized carbons (Fsp3) is 0.400. The summed E-state index contributed by atoms with van der Waals surface area (Å²) in [6.45, 7) is 7.15. The number of aryl methyl sites for hydroxylation is 1. The van der Waals surface area contributed by atoms with Crippen LogP contribution in [0.1, 0.15) is 37.6 Å². The number of rotatable bonds is 3. The van der Waals surface area contributed by atoms with Crippen molar-refractivity contribution in [2.24, 2.45) is 0 Å². The lowest BCUT2D eigenvalue weighted by Crippen LogP contribution is -2.39. The van der Waals surface area contributed by atoms with Crippen LogP contribution in [0.2, 0.25) is 0 Å². The van der Waals surface area contributed by atoms with E-state index >= 15 is 0 Å². The molecule has 1 aromatic carbocycles. The van der Waals surface area contributed by atoms with Gasteiger partial charge in [-0.15, -0.1) is 11.3 Å². The summed E-state index contributed by atoms with van der Waals surface area (Å²) in [4.78, 5) is 28.2. The van der Waals surface area contributed by atoms with E-state index in [4.69, 9.17) is 4.74 Å². The van der Waals surface area contributed by atoms with Crippen molar-refractivity contribution < 1.29 is 4.74 Å². The highest BCUT2D eigenvalue weighted by Crippen LogP contribution is 2.38. The molecule has 0 bridgehead atoms. The normalized spacial score (nSPS) is 19.7. The highest BCUT2D eigenvalue weighted by molar-refractivity contribution is 7.18. The van der Waals surface area contributed by atoms with E-state index in [9.17, 15) is 9.59 Å². The van der Waals surface area contributed by atoms with Gasteiger partial charge in [0.05, 0.1) is 23.3 Å². The van der Waals surface area contributed by atoms with Crippen molar-refractivity contribution in [1.82, 2.24) is 9.13 Å². The second kappa shape index (κ2) is 6.21. The van der Waals surface area contributed by atoms with Crippen LogP contribution < -0.4 is 11.2 Å². The molecule has 3 heterocycles. The van der Waals surface area contributed by atoms with Crippen molar-refractivity contribution in [2.45, 2.75) is 52.4 Å². The van der Waals surface area contributed by atoms with Gasteiger partial charge >= 0.3 is 5.69 Å². The number of para-hydroxylation sites is 1. The summed E-state index contributed by atoms with van der Waals surface area (Å²) in [5.74, 6) is 0. The summed E-state index contributed by atoms with van der Waals surface area (Å²) < 4.78 is 9.05. The van der Waals surface area contributed by atoms with Crippen molar-refractivity contribution in [3.05, 3.63) is 61.6 Å². The van der Waals surface area contributed by atoms with Gasteiger partial charge in [0.1, 0.15) is 4.83 Å². The summed E-state index contributed by atoms with van der Waals surface area (Å²) in [7, 11) is 0. The average molecular weight is 370 g/mol. The predicted molar refractivity (Wildman–Crippen MR) is 105 cm³/mol. The molecule has 0 spiro atoms. The lowest BCUT2D eigenvalue weighted by atomic mass is 9.90. The number of ether oxygens (including phenoxy) is 1. The van der Waals surface area contributed by atoms with Crippen molar-refractivity contribution >= 4 is 21.6 Å². The quantitative estimate of drug-likeness (QED) is 0.709. The first-order valence-corrected chi connectivity index (χ1v) is 9.80. The molecule has 1 atom stereocenters. The summed E-state index contributed by atoms with van der Waals surface area (Å²) >= 11 is 1.52. The number of nitrogens with zero attached hydrogens (tertiary/aromatic N) is 2. The molecule has 1 aliphatic heterocycles. The number of fused-ring (bicyclic) bond motifs is 3. The minimum Gasteiger partial charge on any atom is -0.369 e. The van der Waals surface area contributed by atoms with Crippen LogP contribution in [0.25, 0.3) is 15.9 Å². The Morgan fingerprint density at radius 1 is 1.19 bits per heavy atom. The van der Waals surface area contributed by atoms with Crippen molar-refractivity contribution in [1.29, 1.82) is 0 Å². The second-order valence-corrected chi connectivity index (χ2v) is 8.04. The fourth-order valence-electron chi connectivity index (χ4n) is 3.59. The largest absolute Gasteiger partial charge is 0.369 e. The number of thiophene rings is 1. The predicted octanol–water partition coefficient (Wildman–Crippen LogP) is 3.48. The molecule has 5 nitrogen and oxygen atoms in total. The van der Waals surface area contributed by atoms with Crippen molar-refractivity contribution in [2.75, 3.05) is 0 Å². The van der Waals surface area contributed by atoms with Gasteiger partial charge in [0.15, 0.2) is 0 Å². The lowest BCUT2D eigenvalue weighted by Gasteiger charge is -2.32. The van der Waals surface area contributed by atoms with E-state index < -0.39 is 0 Å². The maximum atomic E-state index is 13.4. The minimum absolute atomic E-state index is 0.223. The first-order chi connectivity index (χ1) is 12.5. The van der Waals surface area contributed by atoms with Gasteiger partial charge in [0.25, 0.3) is 5.56 Å². The Labute approximate surface area is 155 Å². The first kappa shape index (κ1) is 17.2. The zero-order valence-electron chi connectivity index (χ0n) is 15.2. The molecule has 2 aromatic heterocycles. The number of benzene rings is 1. The van der Waals surface area contributed by atoms with Crippen LogP contribution >= 0.6 is 11.3 Å². The molecule has 6 heteroatoms. The summed E-state index contributed by atoms with van der Waals surface area (Å²) in [5, 5.41) is 0.679. The molecule has 0 saturated carbocycles. The molecule has 1 aliphatic rings. The van der Waals surface area contributed by atoms with Crippen LogP contribution in [0.15, 0.2) is 39.9 Å². The van der Waals surface area contributed by atoms with Crippen LogP contribution in [-0.4, -0.2) is 14.7 Å². The molecule has 0 N–H and O–H groups in total. The Morgan fingerprint density at radius 2 is 1.92 bits per heavy atom. The molecule has 0 amide bonds. The van der Waals surface area contributed by atoms with E-state index in [1.54, 1.807) is 16.7 Å². The van der Waals surface area contributed by atoms with Gasteiger partial charge in [-0.25, -0.2) is 9.36 Å². The van der Waals surface area contributed by atoms with Crippen molar-refractivity contribution in [3.63, 3.8) is 0 Å². The molecule has 0 aliphatic carbocycles. The van der Waals surface area contributed by atoms with Crippen molar-refractivity contribution in [3.8, 4) is 5.69 Å². The lowest BCUT2D eigenvalue weighted by molar-refractivity contribution is -0.0543. The zero-order chi connectivity index (χ0) is 18.5. The van der Waals surface area contributed by atoms with E-state index in [1.807, 2.05) is 25.1 Å². The molecule has 4 rings (SSSR count). The van der Waals surface area contributed by atoms with E-state index in [0.717, 1.165) is 21.7 Å². The second-order valence-electron chi connectivity index (χ2n) is 6.96. The van der Waals surface area contributed by atoms with Crippen LogP contribution in [-0.2, 0) is 24.3 Å².